The molecular formula is C15H18ClN3O. The van der Waals surface area contributed by atoms with E-state index >= 15 is 0 Å². The van der Waals surface area contributed by atoms with Gasteiger partial charge in [-0.3, -0.25) is 0 Å². The molecule has 1 aromatic heterocycles. The van der Waals surface area contributed by atoms with Crippen LogP contribution >= 0.6 is 11.6 Å². The fourth-order valence-corrected chi connectivity index (χ4v) is 1.80. The number of nitrogens with two attached hydrogens (primary N) is 1. The van der Waals surface area contributed by atoms with Crippen LogP contribution in [0.2, 0.25) is 5.02 Å². The standard InChI is InChI=1S/C15H18ClN3O/c1-15(2,3)20-14-12(17)7-8-13(19-14)18-11-6-4-5-10(16)9-11/h4-9H,17H2,1-3H3,(H,18,19). The Kier molecular flexibility index (Phi) is 4.04. The summed E-state index contributed by atoms with van der Waals surface area (Å²) in [5, 5.41) is 3.83. The van der Waals surface area contributed by atoms with Crippen molar-refractivity contribution < 1.29 is 4.74 Å². The molecule has 0 unspecified atom stereocenters. The monoisotopic (exact) mass is 291 g/mol. The van der Waals surface area contributed by atoms with Gasteiger partial charge in [-0.15, -0.1) is 0 Å². The first-order chi connectivity index (χ1) is 9.33. The van der Waals surface area contributed by atoms with Crippen molar-refractivity contribution in [3.05, 3.63) is 41.4 Å². The molecule has 3 N–H and O–H groups in total. The number of rotatable bonds is 3. The molecule has 4 nitrogen and oxygen atoms in total. The molecule has 0 bridgehead atoms. The van der Waals surface area contributed by atoms with Gasteiger partial charge in [-0.05, 0) is 51.1 Å². The van der Waals surface area contributed by atoms with Crippen molar-refractivity contribution in [2.24, 2.45) is 0 Å². The van der Waals surface area contributed by atoms with E-state index in [1.165, 1.54) is 0 Å². The van der Waals surface area contributed by atoms with Gasteiger partial charge < -0.3 is 15.8 Å². The first-order valence-electron chi connectivity index (χ1n) is 6.32. The van der Waals surface area contributed by atoms with Crippen molar-refractivity contribution in [3.63, 3.8) is 0 Å². The largest absolute Gasteiger partial charge is 0.470 e. The summed E-state index contributed by atoms with van der Waals surface area (Å²) in [4.78, 5) is 4.38. The lowest BCUT2D eigenvalue weighted by Gasteiger charge is -2.21. The molecule has 0 spiro atoms. The highest BCUT2D eigenvalue weighted by Gasteiger charge is 2.15. The van der Waals surface area contributed by atoms with Crippen LogP contribution in [0.25, 0.3) is 0 Å². The van der Waals surface area contributed by atoms with Gasteiger partial charge in [-0.25, -0.2) is 0 Å². The number of aromatic nitrogens is 1. The van der Waals surface area contributed by atoms with Gasteiger partial charge in [-0.1, -0.05) is 17.7 Å². The SMILES string of the molecule is CC(C)(C)Oc1nc(Nc2cccc(Cl)c2)ccc1N. The van der Waals surface area contributed by atoms with Gasteiger partial charge in [0, 0.05) is 10.7 Å². The van der Waals surface area contributed by atoms with Crippen LogP contribution in [0.15, 0.2) is 36.4 Å². The van der Waals surface area contributed by atoms with Crippen molar-refractivity contribution in [3.8, 4) is 5.88 Å². The van der Waals surface area contributed by atoms with Gasteiger partial charge in [0.25, 0.3) is 0 Å². The molecule has 0 saturated carbocycles. The van der Waals surface area contributed by atoms with E-state index in [0.717, 1.165) is 5.69 Å². The normalized spacial score (nSPS) is 11.2. The van der Waals surface area contributed by atoms with Gasteiger partial charge in [0.1, 0.15) is 11.4 Å². The van der Waals surface area contributed by atoms with E-state index in [1.54, 1.807) is 12.1 Å². The Morgan fingerprint density at radius 1 is 1.20 bits per heavy atom. The molecule has 0 fully saturated rings. The van der Waals surface area contributed by atoms with Crippen LogP contribution in [0.4, 0.5) is 17.2 Å². The molecule has 2 aromatic rings. The summed E-state index contributed by atoms with van der Waals surface area (Å²) in [6.07, 6.45) is 0. The van der Waals surface area contributed by atoms with Crippen molar-refractivity contribution in [2.75, 3.05) is 11.1 Å². The van der Waals surface area contributed by atoms with Gasteiger partial charge >= 0.3 is 0 Å². The molecule has 0 saturated heterocycles. The summed E-state index contributed by atoms with van der Waals surface area (Å²) >= 11 is 5.95. The first-order valence-corrected chi connectivity index (χ1v) is 6.69. The molecule has 106 valence electrons. The Bertz CT molecular complexity index is 608. The van der Waals surface area contributed by atoms with E-state index in [-0.39, 0.29) is 5.60 Å². The Labute approximate surface area is 123 Å². The maximum Gasteiger partial charge on any atom is 0.239 e. The Balaban J connectivity index is 2.23. The highest BCUT2D eigenvalue weighted by Crippen LogP contribution is 2.26. The number of ether oxygens (including phenoxy) is 1. The predicted octanol–water partition coefficient (Wildman–Crippen LogP) is 4.24. The average Bonchev–Trinajstić information content (AvgIpc) is 2.32. The second kappa shape index (κ2) is 5.59. The molecule has 1 heterocycles. The van der Waals surface area contributed by atoms with Crippen molar-refractivity contribution >= 4 is 28.8 Å². The minimum atomic E-state index is -0.351. The second-order valence-corrected chi connectivity index (χ2v) is 5.88. The number of nitrogen functional groups attached to an aromatic ring is 1. The maximum absolute atomic E-state index is 5.95. The lowest BCUT2D eigenvalue weighted by Crippen LogP contribution is -2.24. The fourth-order valence-electron chi connectivity index (χ4n) is 1.61. The number of nitrogens with one attached hydrogen (secondary N) is 1. The fraction of sp³-hybridized carbons (Fsp3) is 0.267. The smallest absolute Gasteiger partial charge is 0.239 e. The van der Waals surface area contributed by atoms with Crippen molar-refractivity contribution in [2.45, 2.75) is 26.4 Å². The minimum Gasteiger partial charge on any atom is -0.470 e. The highest BCUT2D eigenvalue weighted by molar-refractivity contribution is 6.30. The van der Waals surface area contributed by atoms with Gasteiger partial charge in [0.2, 0.25) is 5.88 Å². The summed E-state index contributed by atoms with van der Waals surface area (Å²) in [6, 6.07) is 11.0. The predicted molar refractivity (Wildman–Crippen MR) is 83.8 cm³/mol. The Hall–Kier alpha value is -1.94. The van der Waals surface area contributed by atoms with E-state index in [0.29, 0.717) is 22.4 Å². The van der Waals surface area contributed by atoms with Crippen LogP contribution in [0.3, 0.4) is 0 Å². The summed E-state index contributed by atoms with van der Waals surface area (Å²) in [6.45, 7) is 5.85. The van der Waals surface area contributed by atoms with E-state index < -0.39 is 0 Å². The second-order valence-electron chi connectivity index (χ2n) is 5.44. The van der Waals surface area contributed by atoms with Gasteiger partial charge in [0.15, 0.2) is 0 Å². The van der Waals surface area contributed by atoms with E-state index in [9.17, 15) is 0 Å². The van der Waals surface area contributed by atoms with E-state index in [4.69, 9.17) is 22.1 Å². The van der Waals surface area contributed by atoms with Gasteiger partial charge in [-0.2, -0.15) is 4.98 Å². The molecule has 1 aromatic carbocycles. The average molecular weight is 292 g/mol. The Morgan fingerprint density at radius 2 is 1.95 bits per heavy atom. The third-order valence-corrected chi connectivity index (χ3v) is 2.62. The molecule has 20 heavy (non-hydrogen) atoms. The molecule has 5 heteroatoms. The number of halogens is 1. The number of hydrogen-bond acceptors (Lipinski definition) is 4. The molecule has 0 radical (unpaired) electrons. The number of hydrogen-bond donors (Lipinski definition) is 2. The van der Waals surface area contributed by atoms with Crippen LogP contribution in [0, 0.1) is 0 Å². The number of anilines is 3. The summed E-state index contributed by atoms with van der Waals surface area (Å²) in [7, 11) is 0. The lowest BCUT2D eigenvalue weighted by molar-refractivity contribution is 0.125. The summed E-state index contributed by atoms with van der Waals surface area (Å²) in [5.74, 6) is 1.07. The zero-order valence-corrected chi connectivity index (χ0v) is 12.5. The van der Waals surface area contributed by atoms with Crippen LogP contribution in [0.1, 0.15) is 20.8 Å². The maximum atomic E-state index is 5.95. The van der Waals surface area contributed by atoms with Crippen LogP contribution in [-0.4, -0.2) is 10.6 Å². The summed E-state index contributed by atoms with van der Waals surface area (Å²) < 4.78 is 5.73. The molecule has 0 atom stereocenters. The topological polar surface area (TPSA) is 60.2 Å². The molecular weight excluding hydrogens is 274 g/mol. The molecule has 0 aliphatic carbocycles. The molecule has 0 aliphatic heterocycles. The first kappa shape index (κ1) is 14.5. The summed E-state index contributed by atoms with van der Waals surface area (Å²) in [5.41, 5.74) is 6.89. The highest BCUT2D eigenvalue weighted by atomic mass is 35.5. The minimum absolute atomic E-state index is 0.351. The van der Waals surface area contributed by atoms with Crippen molar-refractivity contribution in [1.29, 1.82) is 0 Å². The van der Waals surface area contributed by atoms with E-state index in [2.05, 4.69) is 10.3 Å². The Morgan fingerprint density at radius 3 is 2.60 bits per heavy atom. The number of nitrogens with zero attached hydrogens (tertiary/aromatic N) is 1. The van der Waals surface area contributed by atoms with Crippen LogP contribution in [0.5, 0.6) is 5.88 Å². The van der Waals surface area contributed by atoms with E-state index in [1.807, 2.05) is 45.0 Å². The third kappa shape index (κ3) is 4.03. The van der Waals surface area contributed by atoms with Crippen LogP contribution in [-0.2, 0) is 0 Å². The number of benzene rings is 1. The van der Waals surface area contributed by atoms with Gasteiger partial charge in [0.05, 0.1) is 5.69 Å². The third-order valence-electron chi connectivity index (χ3n) is 2.39. The van der Waals surface area contributed by atoms with Crippen molar-refractivity contribution in [1.82, 2.24) is 4.98 Å². The molecule has 0 amide bonds. The quantitative estimate of drug-likeness (QED) is 0.888. The zero-order valence-electron chi connectivity index (χ0n) is 11.8. The molecule has 0 aliphatic rings. The zero-order chi connectivity index (χ0) is 14.8. The van der Waals surface area contributed by atoms with Crippen LogP contribution < -0.4 is 15.8 Å². The molecule has 2 rings (SSSR count). The number of pyridine rings is 1. The lowest BCUT2D eigenvalue weighted by atomic mass is 10.2.